The van der Waals surface area contributed by atoms with Crippen LogP contribution >= 0.6 is 15.9 Å². The van der Waals surface area contributed by atoms with Gasteiger partial charge in [0.05, 0.1) is 0 Å². The quantitative estimate of drug-likeness (QED) is 0.713. The van der Waals surface area contributed by atoms with Crippen molar-refractivity contribution in [1.29, 1.82) is 0 Å². The molecule has 1 atom stereocenters. The number of hydrogen-bond donors (Lipinski definition) is 2. The Morgan fingerprint density at radius 3 is 2.83 bits per heavy atom. The van der Waals surface area contributed by atoms with E-state index < -0.39 is 0 Å². The van der Waals surface area contributed by atoms with Crippen molar-refractivity contribution in [3.05, 3.63) is 52.8 Å². The molecule has 2 aromatic carbocycles. The molecular weight excluding hydrogens is 358 g/mol. The number of anilines is 2. The first-order chi connectivity index (χ1) is 11.0. The lowest BCUT2D eigenvalue weighted by molar-refractivity contribution is -0.116. The molecule has 0 spiro atoms. The molecule has 118 valence electrons. The first-order valence-electron chi connectivity index (χ1n) is 7.21. The second kappa shape index (κ2) is 6.42. The normalized spacial score (nSPS) is 12.1. The average molecular weight is 374 g/mol. The van der Waals surface area contributed by atoms with Crippen molar-refractivity contribution in [1.82, 2.24) is 4.98 Å². The fourth-order valence-corrected chi connectivity index (χ4v) is 2.66. The maximum atomic E-state index is 12.3. The van der Waals surface area contributed by atoms with E-state index in [9.17, 15) is 4.79 Å². The third kappa shape index (κ3) is 3.71. The summed E-state index contributed by atoms with van der Waals surface area (Å²) >= 11 is 3.39. The minimum absolute atomic E-state index is 0.112. The minimum Gasteiger partial charge on any atom is -0.441 e. The second-order valence-corrected chi connectivity index (χ2v) is 6.20. The molecule has 0 saturated heterocycles. The van der Waals surface area contributed by atoms with E-state index in [1.807, 2.05) is 49.4 Å². The predicted molar refractivity (Wildman–Crippen MR) is 94.6 cm³/mol. The molecule has 3 aromatic rings. The van der Waals surface area contributed by atoms with Gasteiger partial charge in [0.15, 0.2) is 11.5 Å². The third-order valence-electron chi connectivity index (χ3n) is 3.36. The highest BCUT2D eigenvalue weighted by Crippen LogP contribution is 2.21. The largest absolute Gasteiger partial charge is 0.441 e. The van der Waals surface area contributed by atoms with Gasteiger partial charge in [-0.1, -0.05) is 22.0 Å². The first kappa shape index (κ1) is 15.6. The van der Waals surface area contributed by atoms with Gasteiger partial charge in [0.1, 0.15) is 11.6 Å². The second-order valence-electron chi connectivity index (χ2n) is 5.28. The molecule has 6 heteroatoms. The van der Waals surface area contributed by atoms with Crippen LogP contribution in [-0.4, -0.2) is 16.9 Å². The van der Waals surface area contributed by atoms with Gasteiger partial charge in [-0.3, -0.25) is 4.79 Å². The van der Waals surface area contributed by atoms with Crippen molar-refractivity contribution in [2.75, 3.05) is 10.6 Å². The van der Waals surface area contributed by atoms with Crippen LogP contribution in [0.25, 0.3) is 11.1 Å². The van der Waals surface area contributed by atoms with Crippen LogP contribution in [0, 0.1) is 6.92 Å². The molecule has 0 radical (unpaired) electrons. The summed E-state index contributed by atoms with van der Waals surface area (Å²) in [5.74, 6) is 0.511. The van der Waals surface area contributed by atoms with E-state index in [-0.39, 0.29) is 11.9 Å². The Kier molecular flexibility index (Phi) is 4.34. The van der Waals surface area contributed by atoms with E-state index in [0.29, 0.717) is 5.89 Å². The lowest BCUT2D eigenvalue weighted by Gasteiger charge is -2.15. The molecular formula is C17H16BrN3O2. The summed E-state index contributed by atoms with van der Waals surface area (Å²) in [6.45, 7) is 3.62. The summed E-state index contributed by atoms with van der Waals surface area (Å²) in [5, 5.41) is 6.05. The van der Waals surface area contributed by atoms with Crippen LogP contribution in [0.5, 0.6) is 0 Å². The maximum absolute atomic E-state index is 12.3. The fourth-order valence-electron chi connectivity index (χ4n) is 2.26. The van der Waals surface area contributed by atoms with Crippen LogP contribution in [0.4, 0.5) is 11.4 Å². The molecule has 2 N–H and O–H groups in total. The van der Waals surface area contributed by atoms with Gasteiger partial charge in [-0.05, 0) is 43.3 Å². The van der Waals surface area contributed by atoms with Gasteiger partial charge in [0.25, 0.3) is 0 Å². The van der Waals surface area contributed by atoms with E-state index >= 15 is 0 Å². The molecule has 0 bridgehead atoms. The number of benzene rings is 2. The third-order valence-corrected chi connectivity index (χ3v) is 3.86. The van der Waals surface area contributed by atoms with E-state index in [1.54, 1.807) is 6.92 Å². The van der Waals surface area contributed by atoms with E-state index in [0.717, 1.165) is 26.9 Å². The van der Waals surface area contributed by atoms with Gasteiger partial charge in [0, 0.05) is 22.8 Å². The molecule has 0 aliphatic heterocycles. The molecule has 5 nitrogen and oxygen atoms in total. The number of nitrogens with one attached hydrogen (secondary N) is 2. The van der Waals surface area contributed by atoms with E-state index in [2.05, 4.69) is 31.5 Å². The maximum Gasteiger partial charge on any atom is 0.246 e. The summed E-state index contributed by atoms with van der Waals surface area (Å²) in [4.78, 5) is 16.6. The van der Waals surface area contributed by atoms with E-state index in [1.165, 1.54) is 0 Å². The summed E-state index contributed by atoms with van der Waals surface area (Å²) < 4.78 is 6.36. The molecule has 1 amide bonds. The van der Waals surface area contributed by atoms with Crippen molar-refractivity contribution in [3.8, 4) is 0 Å². The molecule has 0 aliphatic rings. The molecule has 0 aliphatic carbocycles. The van der Waals surface area contributed by atoms with Crippen LogP contribution in [-0.2, 0) is 4.79 Å². The van der Waals surface area contributed by atoms with E-state index in [4.69, 9.17) is 4.42 Å². The van der Waals surface area contributed by atoms with Crippen molar-refractivity contribution < 1.29 is 9.21 Å². The zero-order valence-electron chi connectivity index (χ0n) is 12.8. The first-order valence-corrected chi connectivity index (χ1v) is 8.01. The molecule has 0 fully saturated rings. The number of hydrogen-bond acceptors (Lipinski definition) is 4. The summed E-state index contributed by atoms with van der Waals surface area (Å²) in [5.41, 5.74) is 3.08. The van der Waals surface area contributed by atoms with Crippen LogP contribution in [0.2, 0.25) is 0 Å². The number of aromatic nitrogens is 1. The van der Waals surface area contributed by atoms with Gasteiger partial charge in [-0.15, -0.1) is 0 Å². The van der Waals surface area contributed by atoms with Crippen molar-refractivity contribution in [3.63, 3.8) is 0 Å². The van der Waals surface area contributed by atoms with Gasteiger partial charge in [-0.2, -0.15) is 0 Å². The number of fused-ring (bicyclic) bond motifs is 1. The summed E-state index contributed by atoms with van der Waals surface area (Å²) in [6.07, 6.45) is 0. The number of carbonyl (C=O) groups is 1. The molecule has 0 unspecified atom stereocenters. The number of halogens is 1. The summed E-state index contributed by atoms with van der Waals surface area (Å²) in [6, 6.07) is 12.7. The number of nitrogens with zero attached hydrogens (tertiary/aromatic N) is 1. The smallest absolute Gasteiger partial charge is 0.246 e. The molecule has 1 aromatic heterocycles. The highest BCUT2D eigenvalue weighted by molar-refractivity contribution is 9.10. The van der Waals surface area contributed by atoms with Gasteiger partial charge < -0.3 is 15.1 Å². The van der Waals surface area contributed by atoms with Gasteiger partial charge >= 0.3 is 0 Å². The number of aryl methyl sites for hydroxylation is 1. The number of rotatable bonds is 4. The fraction of sp³-hybridized carbons (Fsp3) is 0.176. The number of oxazole rings is 1. The molecule has 0 saturated carbocycles. The topological polar surface area (TPSA) is 67.2 Å². The Morgan fingerprint density at radius 2 is 2.04 bits per heavy atom. The Hall–Kier alpha value is -2.34. The minimum atomic E-state index is -0.389. The highest BCUT2D eigenvalue weighted by atomic mass is 79.9. The van der Waals surface area contributed by atoms with Crippen LogP contribution in [0.1, 0.15) is 12.8 Å². The SMILES string of the molecule is Cc1nc2cc(N[C@@H](C)C(=O)Nc3cccc(Br)c3)ccc2o1. The summed E-state index contributed by atoms with van der Waals surface area (Å²) in [7, 11) is 0. The van der Waals surface area contributed by atoms with Crippen molar-refractivity contribution >= 4 is 44.3 Å². The van der Waals surface area contributed by atoms with Crippen molar-refractivity contribution in [2.45, 2.75) is 19.9 Å². The number of carbonyl (C=O) groups excluding carboxylic acids is 1. The highest BCUT2D eigenvalue weighted by Gasteiger charge is 2.13. The molecule has 3 rings (SSSR count). The lowest BCUT2D eigenvalue weighted by Crippen LogP contribution is -2.31. The van der Waals surface area contributed by atoms with Crippen molar-refractivity contribution in [2.24, 2.45) is 0 Å². The Labute approximate surface area is 142 Å². The zero-order valence-corrected chi connectivity index (χ0v) is 14.3. The van der Waals surface area contributed by atoms with Crippen LogP contribution in [0.15, 0.2) is 51.4 Å². The molecule has 1 heterocycles. The van der Waals surface area contributed by atoms with Gasteiger partial charge in [-0.25, -0.2) is 4.98 Å². The van der Waals surface area contributed by atoms with Crippen LogP contribution in [0.3, 0.4) is 0 Å². The molecule has 23 heavy (non-hydrogen) atoms. The monoisotopic (exact) mass is 373 g/mol. The predicted octanol–water partition coefficient (Wildman–Crippen LogP) is 4.34. The number of amides is 1. The average Bonchev–Trinajstić information content (AvgIpc) is 2.86. The lowest BCUT2D eigenvalue weighted by atomic mass is 10.2. The van der Waals surface area contributed by atoms with Crippen LogP contribution < -0.4 is 10.6 Å². The Morgan fingerprint density at radius 1 is 1.22 bits per heavy atom. The Balaban J connectivity index is 1.69. The standard InChI is InChI=1S/C17H16BrN3O2/c1-10(17(22)21-13-5-3-4-12(18)8-13)19-14-6-7-16-15(9-14)20-11(2)23-16/h3-10,19H,1-2H3,(H,21,22)/t10-/m0/s1. The van der Waals surface area contributed by atoms with Gasteiger partial charge in [0.2, 0.25) is 5.91 Å². The zero-order chi connectivity index (χ0) is 16.4. The Bertz CT molecular complexity index is 860.